The quantitative estimate of drug-likeness (QED) is 0.782. The van der Waals surface area contributed by atoms with Crippen LogP contribution in [0, 0.1) is 11.3 Å². The van der Waals surface area contributed by atoms with E-state index in [1.54, 1.807) is 14.2 Å². The van der Waals surface area contributed by atoms with Crippen molar-refractivity contribution < 1.29 is 9.47 Å². The first-order chi connectivity index (χ1) is 7.63. The largest absolute Gasteiger partial charge is 0.493 e. The Labute approximate surface area is 96.6 Å². The van der Waals surface area contributed by atoms with Crippen LogP contribution in [0.1, 0.15) is 30.9 Å². The van der Waals surface area contributed by atoms with Crippen molar-refractivity contribution in [3.05, 3.63) is 23.3 Å². The van der Waals surface area contributed by atoms with Crippen LogP contribution < -0.4 is 9.47 Å². The molecule has 0 atom stereocenters. The molecule has 0 saturated carbocycles. The highest BCUT2D eigenvalue weighted by molar-refractivity contribution is 5.51. The van der Waals surface area contributed by atoms with Crippen LogP contribution in [0.15, 0.2) is 12.1 Å². The first kappa shape index (κ1) is 12.4. The van der Waals surface area contributed by atoms with Crippen molar-refractivity contribution in [3.8, 4) is 17.6 Å². The average molecular weight is 219 g/mol. The monoisotopic (exact) mass is 219 g/mol. The predicted molar refractivity (Wildman–Crippen MR) is 63.0 cm³/mol. The van der Waals surface area contributed by atoms with Crippen molar-refractivity contribution in [2.75, 3.05) is 14.2 Å². The van der Waals surface area contributed by atoms with E-state index in [0.29, 0.717) is 23.8 Å². The summed E-state index contributed by atoms with van der Waals surface area (Å²) in [6, 6.07) is 6.11. The maximum atomic E-state index is 8.79. The molecule has 0 aliphatic rings. The van der Waals surface area contributed by atoms with Gasteiger partial charge in [-0.1, -0.05) is 19.9 Å². The molecular weight excluding hydrogens is 202 g/mol. The van der Waals surface area contributed by atoms with Crippen molar-refractivity contribution in [2.24, 2.45) is 0 Å². The number of benzene rings is 1. The first-order valence-electron chi connectivity index (χ1n) is 5.25. The maximum absolute atomic E-state index is 8.79. The molecule has 0 saturated heterocycles. The van der Waals surface area contributed by atoms with Gasteiger partial charge in [-0.05, 0) is 17.5 Å². The minimum atomic E-state index is 0.333. The molecule has 0 amide bonds. The predicted octanol–water partition coefficient (Wildman–Crippen LogP) is 2.89. The lowest BCUT2D eigenvalue weighted by Gasteiger charge is -2.15. The Morgan fingerprint density at radius 3 is 2.38 bits per heavy atom. The van der Waals surface area contributed by atoms with E-state index < -0.39 is 0 Å². The summed E-state index contributed by atoms with van der Waals surface area (Å²) in [6.45, 7) is 4.22. The van der Waals surface area contributed by atoms with Gasteiger partial charge in [-0.2, -0.15) is 5.26 Å². The van der Waals surface area contributed by atoms with Crippen molar-refractivity contribution in [1.82, 2.24) is 0 Å². The Bertz CT molecular complexity index is 405. The Balaban J connectivity index is 3.32. The van der Waals surface area contributed by atoms with Crippen LogP contribution in [0.5, 0.6) is 11.5 Å². The van der Waals surface area contributed by atoms with Crippen molar-refractivity contribution in [2.45, 2.75) is 26.2 Å². The molecule has 1 aromatic carbocycles. The van der Waals surface area contributed by atoms with E-state index in [9.17, 15) is 0 Å². The summed E-state index contributed by atoms with van der Waals surface area (Å²) in [5.41, 5.74) is 2.04. The molecule has 0 heterocycles. The van der Waals surface area contributed by atoms with Crippen LogP contribution in [0.3, 0.4) is 0 Å². The lowest BCUT2D eigenvalue weighted by atomic mass is 9.98. The van der Waals surface area contributed by atoms with E-state index >= 15 is 0 Å². The van der Waals surface area contributed by atoms with Crippen LogP contribution in [-0.4, -0.2) is 14.2 Å². The summed E-state index contributed by atoms with van der Waals surface area (Å²) in [4.78, 5) is 0. The number of hydrogen-bond acceptors (Lipinski definition) is 3. The maximum Gasteiger partial charge on any atom is 0.164 e. The van der Waals surface area contributed by atoms with Crippen molar-refractivity contribution >= 4 is 0 Å². The standard InChI is InChI=1S/C13H17NO2/c1-9(2)11-7-10(5-6-14)13(16-4)12(8-11)15-3/h7-9H,5H2,1-4H3. The average Bonchev–Trinajstić information content (AvgIpc) is 2.28. The zero-order valence-corrected chi connectivity index (χ0v) is 10.2. The van der Waals surface area contributed by atoms with Gasteiger partial charge in [0, 0.05) is 5.56 Å². The zero-order chi connectivity index (χ0) is 12.1. The number of nitriles is 1. The molecule has 0 bridgehead atoms. The molecule has 0 aromatic heterocycles. The van der Waals surface area contributed by atoms with Gasteiger partial charge in [-0.15, -0.1) is 0 Å². The third-order valence-electron chi connectivity index (χ3n) is 2.51. The summed E-state index contributed by atoms with van der Waals surface area (Å²) in [5, 5.41) is 8.79. The molecule has 0 N–H and O–H groups in total. The highest BCUT2D eigenvalue weighted by atomic mass is 16.5. The smallest absolute Gasteiger partial charge is 0.164 e. The van der Waals surface area contributed by atoms with Gasteiger partial charge in [-0.25, -0.2) is 0 Å². The molecule has 86 valence electrons. The molecular formula is C13H17NO2. The van der Waals surface area contributed by atoms with E-state index in [2.05, 4.69) is 19.9 Å². The van der Waals surface area contributed by atoms with Gasteiger partial charge in [0.05, 0.1) is 26.7 Å². The number of ether oxygens (including phenoxy) is 2. The summed E-state index contributed by atoms with van der Waals surface area (Å²) in [7, 11) is 3.20. The van der Waals surface area contributed by atoms with Crippen LogP contribution in [0.2, 0.25) is 0 Å². The normalized spacial score (nSPS) is 10.0. The van der Waals surface area contributed by atoms with Gasteiger partial charge >= 0.3 is 0 Å². The molecule has 0 fully saturated rings. The van der Waals surface area contributed by atoms with E-state index in [4.69, 9.17) is 14.7 Å². The molecule has 1 aromatic rings. The number of rotatable bonds is 4. The minimum Gasteiger partial charge on any atom is -0.493 e. The van der Waals surface area contributed by atoms with E-state index in [1.165, 1.54) is 0 Å². The van der Waals surface area contributed by atoms with Gasteiger partial charge in [0.1, 0.15) is 0 Å². The summed E-state index contributed by atoms with van der Waals surface area (Å²) >= 11 is 0. The van der Waals surface area contributed by atoms with Crippen LogP contribution in [0.4, 0.5) is 0 Å². The molecule has 0 unspecified atom stereocenters. The topological polar surface area (TPSA) is 42.2 Å². The molecule has 0 aliphatic carbocycles. The van der Waals surface area contributed by atoms with Crippen LogP contribution >= 0.6 is 0 Å². The molecule has 0 aliphatic heterocycles. The molecule has 0 radical (unpaired) electrons. The number of methoxy groups -OCH3 is 2. The second kappa shape index (κ2) is 5.41. The summed E-state index contributed by atoms with van der Waals surface area (Å²) in [5.74, 6) is 1.75. The van der Waals surface area contributed by atoms with Gasteiger partial charge < -0.3 is 9.47 Å². The first-order valence-corrected chi connectivity index (χ1v) is 5.25. The molecule has 3 nitrogen and oxygen atoms in total. The van der Waals surface area contributed by atoms with Gasteiger partial charge in [0.25, 0.3) is 0 Å². The van der Waals surface area contributed by atoms with Gasteiger partial charge in [0.2, 0.25) is 0 Å². The Morgan fingerprint density at radius 2 is 1.94 bits per heavy atom. The fraction of sp³-hybridized carbons (Fsp3) is 0.462. The third kappa shape index (κ3) is 2.46. The van der Waals surface area contributed by atoms with E-state index in [-0.39, 0.29) is 0 Å². The third-order valence-corrected chi connectivity index (χ3v) is 2.51. The Hall–Kier alpha value is -1.69. The second-order valence-electron chi connectivity index (χ2n) is 3.91. The van der Waals surface area contributed by atoms with E-state index in [0.717, 1.165) is 11.1 Å². The Kier molecular flexibility index (Phi) is 4.19. The highest BCUT2D eigenvalue weighted by Crippen LogP contribution is 2.35. The van der Waals surface area contributed by atoms with E-state index in [1.807, 2.05) is 12.1 Å². The Morgan fingerprint density at radius 1 is 1.25 bits per heavy atom. The van der Waals surface area contributed by atoms with Crippen LogP contribution in [0.25, 0.3) is 0 Å². The summed E-state index contributed by atoms with van der Waals surface area (Å²) in [6.07, 6.45) is 0.333. The zero-order valence-electron chi connectivity index (χ0n) is 10.2. The van der Waals surface area contributed by atoms with Crippen LogP contribution in [-0.2, 0) is 6.42 Å². The van der Waals surface area contributed by atoms with Gasteiger partial charge in [0.15, 0.2) is 11.5 Å². The lowest BCUT2D eigenvalue weighted by molar-refractivity contribution is 0.351. The second-order valence-corrected chi connectivity index (χ2v) is 3.91. The SMILES string of the molecule is COc1cc(C(C)C)cc(CC#N)c1OC. The fourth-order valence-electron chi connectivity index (χ4n) is 1.62. The van der Waals surface area contributed by atoms with Crippen molar-refractivity contribution in [3.63, 3.8) is 0 Å². The number of nitrogens with zero attached hydrogens (tertiary/aromatic N) is 1. The summed E-state index contributed by atoms with van der Waals surface area (Å²) < 4.78 is 10.6. The van der Waals surface area contributed by atoms with Crippen molar-refractivity contribution in [1.29, 1.82) is 5.26 Å². The van der Waals surface area contributed by atoms with Gasteiger partial charge in [-0.3, -0.25) is 0 Å². The molecule has 16 heavy (non-hydrogen) atoms. The molecule has 1 rings (SSSR count). The highest BCUT2D eigenvalue weighted by Gasteiger charge is 2.13. The molecule has 0 spiro atoms. The number of hydrogen-bond donors (Lipinski definition) is 0. The fourth-order valence-corrected chi connectivity index (χ4v) is 1.62. The lowest BCUT2D eigenvalue weighted by Crippen LogP contribution is -1.99. The molecule has 3 heteroatoms. The minimum absolute atomic E-state index is 0.333.